The highest BCUT2D eigenvalue weighted by Gasteiger charge is 2.29. The highest BCUT2D eigenvalue weighted by molar-refractivity contribution is 7.89. The van der Waals surface area contributed by atoms with E-state index >= 15 is 8.78 Å². The predicted octanol–water partition coefficient (Wildman–Crippen LogP) is 6.29. The van der Waals surface area contributed by atoms with Gasteiger partial charge in [-0.15, -0.1) is 0 Å². The number of halogens is 3. The molecule has 0 unspecified atom stereocenters. The number of pyridine rings is 1. The highest BCUT2D eigenvalue weighted by Crippen LogP contribution is 2.42. The Balaban J connectivity index is 1.56. The lowest BCUT2D eigenvalue weighted by Crippen LogP contribution is -2.26. The molecule has 1 aliphatic carbocycles. The van der Waals surface area contributed by atoms with Gasteiger partial charge in [0.25, 0.3) is 0 Å². The van der Waals surface area contributed by atoms with Crippen LogP contribution in [0.4, 0.5) is 14.6 Å². The van der Waals surface area contributed by atoms with Gasteiger partial charge in [-0.2, -0.15) is 5.10 Å². The minimum absolute atomic E-state index is 0.0928. The maximum absolute atomic E-state index is 15.6. The van der Waals surface area contributed by atoms with E-state index in [1.807, 2.05) is 13.8 Å². The van der Waals surface area contributed by atoms with Crippen molar-refractivity contribution in [2.75, 3.05) is 5.73 Å². The summed E-state index contributed by atoms with van der Waals surface area (Å²) in [5.74, 6) is -2.36. The molecule has 0 atom stereocenters. The van der Waals surface area contributed by atoms with E-state index in [-0.39, 0.29) is 40.6 Å². The second-order valence-corrected chi connectivity index (χ2v) is 13.3. The van der Waals surface area contributed by atoms with Crippen LogP contribution in [-0.2, 0) is 21.3 Å². The first kappa shape index (κ1) is 28.4. The van der Waals surface area contributed by atoms with Gasteiger partial charge in [0.1, 0.15) is 23.1 Å². The number of rotatable bonds is 7. The molecule has 4 N–H and O–H groups in total. The molecule has 0 saturated heterocycles. The zero-order chi connectivity index (χ0) is 28.8. The number of anilines is 1. The molecule has 0 bridgehead atoms. The number of sulfone groups is 1. The summed E-state index contributed by atoms with van der Waals surface area (Å²) in [6.07, 6.45) is 5.31. The van der Waals surface area contributed by atoms with Crippen molar-refractivity contribution in [2.45, 2.75) is 69.0 Å². The second kappa shape index (κ2) is 11.1. The third kappa shape index (κ3) is 5.57. The quantitative estimate of drug-likeness (QED) is 0.262. The molecule has 2 heterocycles. The summed E-state index contributed by atoms with van der Waals surface area (Å²) < 4.78 is 58.5. The molecule has 0 aliphatic heterocycles. The van der Waals surface area contributed by atoms with E-state index in [0.717, 1.165) is 48.9 Å². The third-order valence-electron chi connectivity index (χ3n) is 7.58. The van der Waals surface area contributed by atoms with Gasteiger partial charge in [-0.1, -0.05) is 29.8 Å². The van der Waals surface area contributed by atoms with Crippen molar-refractivity contribution in [3.05, 3.63) is 75.9 Å². The smallest absolute Gasteiger partial charge is 0.158 e. The van der Waals surface area contributed by atoms with Crippen LogP contribution in [0.3, 0.4) is 0 Å². The van der Waals surface area contributed by atoms with Crippen LogP contribution in [0.25, 0.3) is 22.2 Å². The van der Waals surface area contributed by atoms with Gasteiger partial charge in [0, 0.05) is 34.4 Å². The lowest BCUT2D eigenvalue weighted by atomic mass is 9.82. The molecular weight excluding hydrogens is 556 g/mol. The van der Waals surface area contributed by atoms with Crippen LogP contribution in [-0.4, -0.2) is 29.2 Å². The molecule has 1 saturated carbocycles. The van der Waals surface area contributed by atoms with Crippen LogP contribution in [0.15, 0.2) is 42.6 Å². The molecule has 1 aliphatic rings. The normalized spacial score (nSPS) is 18.1. The van der Waals surface area contributed by atoms with Crippen LogP contribution in [0.5, 0.6) is 0 Å². The first-order valence-electron chi connectivity index (χ1n) is 13.3. The van der Waals surface area contributed by atoms with Crippen molar-refractivity contribution in [2.24, 2.45) is 5.73 Å². The van der Waals surface area contributed by atoms with E-state index in [0.29, 0.717) is 16.0 Å². The second-order valence-electron chi connectivity index (χ2n) is 10.9. The minimum atomic E-state index is -3.85. The number of hydrogen-bond donors (Lipinski definition) is 2. The Hall–Kier alpha value is -3.08. The number of nitrogens with two attached hydrogens (primary N) is 2. The highest BCUT2D eigenvalue weighted by atomic mass is 35.5. The van der Waals surface area contributed by atoms with Crippen molar-refractivity contribution in [3.63, 3.8) is 0 Å². The Kier molecular flexibility index (Phi) is 7.87. The van der Waals surface area contributed by atoms with Crippen LogP contribution in [0, 0.1) is 11.6 Å². The lowest BCUT2D eigenvalue weighted by molar-refractivity contribution is 0.395. The molecule has 40 heavy (non-hydrogen) atoms. The molecule has 2 aromatic heterocycles. The van der Waals surface area contributed by atoms with Crippen molar-refractivity contribution in [3.8, 4) is 11.3 Å². The van der Waals surface area contributed by atoms with Gasteiger partial charge in [0.15, 0.2) is 9.84 Å². The first-order chi connectivity index (χ1) is 18.9. The Bertz CT molecular complexity index is 1680. The van der Waals surface area contributed by atoms with Gasteiger partial charge in [-0.25, -0.2) is 22.2 Å². The summed E-state index contributed by atoms with van der Waals surface area (Å²) in [6, 6.07) is 8.52. The van der Waals surface area contributed by atoms with Crippen LogP contribution in [0.1, 0.15) is 68.2 Å². The fourth-order valence-corrected chi connectivity index (χ4v) is 7.33. The molecular formula is C29H32ClF2N5O2S. The monoisotopic (exact) mass is 587 g/mol. The molecule has 0 amide bonds. The fraction of sp³-hybridized carbons (Fsp3) is 0.379. The van der Waals surface area contributed by atoms with E-state index in [1.54, 1.807) is 35.1 Å². The maximum Gasteiger partial charge on any atom is 0.158 e. The predicted molar refractivity (Wildman–Crippen MR) is 155 cm³/mol. The van der Waals surface area contributed by atoms with Gasteiger partial charge in [0.05, 0.1) is 22.4 Å². The summed E-state index contributed by atoms with van der Waals surface area (Å²) in [5, 5.41) is 5.45. The van der Waals surface area contributed by atoms with Crippen LogP contribution in [0.2, 0.25) is 5.02 Å². The summed E-state index contributed by atoms with van der Waals surface area (Å²) in [5.41, 5.74) is 14.4. The zero-order valence-electron chi connectivity index (χ0n) is 22.4. The lowest BCUT2D eigenvalue weighted by Gasteiger charge is -2.27. The van der Waals surface area contributed by atoms with Crippen molar-refractivity contribution >= 4 is 38.2 Å². The van der Waals surface area contributed by atoms with Gasteiger partial charge >= 0.3 is 0 Å². The largest absolute Gasteiger partial charge is 0.383 e. The zero-order valence-corrected chi connectivity index (χ0v) is 23.9. The first-order valence-corrected chi connectivity index (χ1v) is 15.5. The van der Waals surface area contributed by atoms with E-state index < -0.39 is 33.0 Å². The standard InChI is InChI=1S/C29H32ClF2N5O2S/c1-16(2)37-28-22(17-7-9-20(33)10-8-17)13-35-29(34)26(28)27(36-37)21-12-24(31)19(11-25(21)32)15-40(38,39)14-18-5-3-4-6-23(18)30/h3-6,11-13,16-17,20H,7-10,14-15,33H2,1-2H3,(H2,34,35). The summed E-state index contributed by atoms with van der Waals surface area (Å²) in [7, 11) is -3.85. The number of hydrogen-bond acceptors (Lipinski definition) is 6. The number of nitrogens with zero attached hydrogens (tertiary/aromatic N) is 3. The number of aromatic nitrogens is 3. The number of benzene rings is 2. The van der Waals surface area contributed by atoms with E-state index in [1.165, 1.54) is 0 Å². The molecule has 212 valence electrons. The molecule has 7 nitrogen and oxygen atoms in total. The Labute approximate surface area is 237 Å². The minimum Gasteiger partial charge on any atom is -0.383 e. The third-order valence-corrected chi connectivity index (χ3v) is 9.45. The summed E-state index contributed by atoms with van der Waals surface area (Å²) in [4.78, 5) is 4.41. The number of fused-ring (bicyclic) bond motifs is 1. The molecule has 2 aromatic carbocycles. The maximum atomic E-state index is 15.6. The fourth-order valence-electron chi connectivity index (χ4n) is 5.53. The average Bonchev–Trinajstić information content (AvgIpc) is 3.30. The Morgan fingerprint density at radius 1 is 1.05 bits per heavy atom. The van der Waals surface area contributed by atoms with Gasteiger partial charge < -0.3 is 11.5 Å². The van der Waals surface area contributed by atoms with E-state index in [2.05, 4.69) is 4.98 Å². The average molecular weight is 588 g/mol. The topological polar surface area (TPSA) is 117 Å². The van der Waals surface area contributed by atoms with Crippen LogP contribution >= 0.6 is 11.6 Å². The van der Waals surface area contributed by atoms with Gasteiger partial charge in [-0.3, -0.25) is 4.68 Å². The molecule has 0 spiro atoms. The molecule has 0 radical (unpaired) electrons. The van der Waals surface area contributed by atoms with Crippen LogP contribution < -0.4 is 11.5 Å². The van der Waals surface area contributed by atoms with Crippen molar-refractivity contribution in [1.29, 1.82) is 0 Å². The Morgan fingerprint density at radius 2 is 1.73 bits per heavy atom. The number of nitrogen functional groups attached to an aromatic ring is 1. The molecule has 4 aromatic rings. The molecule has 5 rings (SSSR count). The Morgan fingerprint density at radius 3 is 2.40 bits per heavy atom. The van der Waals surface area contributed by atoms with E-state index in [4.69, 9.17) is 28.2 Å². The summed E-state index contributed by atoms with van der Waals surface area (Å²) in [6.45, 7) is 3.91. The van der Waals surface area contributed by atoms with Gasteiger partial charge in [0.2, 0.25) is 0 Å². The van der Waals surface area contributed by atoms with Crippen molar-refractivity contribution in [1.82, 2.24) is 14.8 Å². The summed E-state index contributed by atoms with van der Waals surface area (Å²) >= 11 is 6.10. The molecule has 11 heteroatoms. The van der Waals surface area contributed by atoms with E-state index in [9.17, 15) is 8.42 Å². The molecule has 1 fully saturated rings. The van der Waals surface area contributed by atoms with Crippen molar-refractivity contribution < 1.29 is 17.2 Å². The SMILES string of the molecule is CC(C)n1nc(-c2cc(F)c(CS(=O)(=O)Cc3ccccc3Cl)cc2F)c2c(N)ncc(C3CCC(N)CC3)c21. The van der Waals surface area contributed by atoms with Gasteiger partial charge in [-0.05, 0) is 74.8 Å².